The third kappa shape index (κ3) is 15.8. The van der Waals surface area contributed by atoms with Crippen molar-refractivity contribution in [1.29, 1.82) is 0 Å². The van der Waals surface area contributed by atoms with Crippen LogP contribution < -0.4 is 109 Å². The van der Waals surface area contributed by atoms with Gasteiger partial charge in [-0.05, 0) is 122 Å². The summed E-state index contributed by atoms with van der Waals surface area (Å²) in [4.78, 5) is 32.4. The molecule has 8 heterocycles. The van der Waals surface area contributed by atoms with Gasteiger partial charge in [-0.1, -0.05) is 38.2 Å². The molecule has 4 aliphatic heterocycles. The summed E-state index contributed by atoms with van der Waals surface area (Å²) in [6.45, 7) is 4.92. The Morgan fingerprint density at radius 3 is 1.20 bits per heavy atom. The summed E-state index contributed by atoms with van der Waals surface area (Å²) in [5.41, 5.74) is 66.7. The number of fused-ring (bicyclic) bond motifs is 4. The summed E-state index contributed by atoms with van der Waals surface area (Å²) in [7, 11) is 11.3. The first-order valence-corrected chi connectivity index (χ1v) is 34.8. The van der Waals surface area contributed by atoms with Crippen LogP contribution in [0.1, 0.15) is 131 Å². The highest BCUT2D eigenvalue weighted by Crippen LogP contribution is 2.53. The number of benzene rings is 4. The van der Waals surface area contributed by atoms with Crippen molar-refractivity contribution in [2.24, 2.45) is 23.7 Å². The van der Waals surface area contributed by atoms with E-state index < -0.39 is 0 Å². The maximum Gasteiger partial charge on any atom is 0.221 e. The van der Waals surface area contributed by atoms with Gasteiger partial charge in [0.2, 0.25) is 41.0 Å². The maximum absolute atomic E-state index is 6.34. The number of quaternary nitrogens is 2. The van der Waals surface area contributed by atoms with Crippen LogP contribution in [0.15, 0.2) is 73.4 Å². The van der Waals surface area contributed by atoms with Crippen molar-refractivity contribution in [1.82, 2.24) is 39.9 Å². The number of nitrogens with two attached hydrogens (primary N) is 8. The molecule has 7 aliphatic rings. The molecule has 7 unspecified atom stereocenters. The lowest BCUT2D eigenvalue weighted by Gasteiger charge is -2.27. The van der Waals surface area contributed by atoms with Crippen molar-refractivity contribution >= 4 is 71.4 Å². The number of rotatable bonds is 20. The van der Waals surface area contributed by atoms with Crippen LogP contribution in [-0.4, -0.2) is 114 Å². The molecule has 29 heteroatoms. The number of ether oxygens (including phenoxy) is 11. The molecule has 7 atom stereocenters. The fraction of sp³-hybridized carbons (Fsp3) is 0.368. The van der Waals surface area contributed by atoms with Crippen molar-refractivity contribution in [2.75, 3.05) is 95.6 Å². The summed E-state index contributed by atoms with van der Waals surface area (Å²) in [5.74, 6) is 11.7. The van der Waals surface area contributed by atoms with Gasteiger partial charge in [-0.25, -0.2) is 19.9 Å². The molecule has 22 N–H and O–H groups in total. The lowest BCUT2D eigenvalue weighted by atomic mass is 9.92. The molecule has 15 rings (SSSR count). The Labute approximate surface area is 609 Å². The number of hydrogen-bond donors (Lipinski definition) is 10. The van der Waals surface area contributed by atoms with Gasteiger partial charge in [0.05, 0.1) is 60.9 Å². The van der Waals surface area contributed by atoms with E-state index in [1.54, 1.807) is 74.6 Å². The number of hydrogen-bond acceptors (Lipinski definition) is 27. The molecule has 4 aromatic carbocycles. The van der Waals surface area contributed by atoms with E-state index in [0.717, 1.165) is 84.7 Å². The van der Waals surface area contributed by atoms with Crippen molar-refractivity contribution < 1.29 is 63.6 Å². The lowest BCUT2D eigenvalue weighted by molar-refractivity contribution is -0.411. The number of aromatic nitrogens is 8. The zero-order chi connectivity index (χ0) is 74.5. The van der Waals surface area contributed by atoms with Crippen LogP contribution in [0.3, 0.4) is 0 Å². The highest BCUT2D eigenvalue weighted by Gasteiger charge is 2.43. The molecule has 8 aromatic rings. The van der Waals surface area contributed by atoms with Gasteiger partial charge in [0, 0.05) is 94.5 Å². The predicted octanol–water partition coefficient (Wildman–Crippen LogP) is 7.45. The molecule has 552 valence electrons. The zero-order valence-electron chi connectivity index (χ0n) is 60.6. The van der Waals surface area contributed by atoms with Crippen LogP contribution in [0, 0.1) is 23.7 Å². The van der Waals surface area contributed by atoms with Crippen LogP contribution in [0.4, 0.5) is 47.1 Å². The lowest BCUT2D eigenvalue weighted by Crippen LogP contribution is -2.54. The molecule has 0 saturated heterocycles. The standard InChI is InChI=1S/C20H24N4O3.C19H23N5O3.C19H23N5O2.C18H22N4O3/c1-10-6-14(10)15-5-4-13-11(7-12-9-23-20(22)24-19(12)21)8-16(25-2)18(26-3)17(13)27-15;1-25-14-7-11(15(20)12-8-23-19(22)24-18(12)21)10-5-6-13(9-3-4-9)27-16(10)17(14)26-2;1-25-16-12(8-20)6-11(7-13-9-23-19(22)24-18(13)21)14-4-5-15(10-2-3-10)26-17(14)16;1-4-12-5-6-13-10(7-11-9-21-18(20)22-17(11)19)8-14(23-2)16(24-3)15(13)25-12/h4-5,8-10,14-15H,6-7H2,1-3H3,(H4,21,22,23,24);5-9,13,15H,3-4,20H2,1-2H3,(H4,21,22,23,24);4-6,9-10,15H,2-3,7-8,20H2,1H3,(H4,21,22,23,24);5-6,8-9,12H,4,7H2,1-3H3,(H4,19,20,21,22)/p+2. The van der Waals surface area contributed by atoms with Crippen molar-refractivity contribution in [3.63, 3.8) is 0 Å². The molecule has 3 aliphatic carbocycles. The molecule has 4 aromatic heterocycles. The second kappa shape index (κ2) is 31.5. The quantitative estimate of drug-likeness (QED) is 0.0354. The van der Waals surface area contributed by atoms with E-state index in [1.807, 2.05) is 24.3 Å². The number of nitrogens with zero attached hydrogens (tertiary/aromatic N) is 8. The maximum atomic E-state index is 6.34. The van der Waals surface area contributed by atoms with Crippen LogP contribution in [-0.2, 0) is 25.8 Å². The Kier molecular flexibility index (Phi) is 21.9. The molecule has 0 amide bonds. The van der Waals surface area contributed by atoms with E-state index in [4.69, 9.17) is 98.0 Å². The molecule has 3 saturated carbocycles. The number of methoxy groups -OCH3 is 7. The van der Waals surface area contributed by atoms with Crippen molar-refractivity contribution in [3.05, 3.63) is 146 Å². The van der Waals surface area contributed by atoms with E-state index in [0.29, 0.717) is 130 Å². The monoisotopic (exact) mass is 1430 g/mol. The molecule has 0 bridgehead atoms. The summed E-state index contributed by atoms with van der Waals surface area (Å²) in [6.07, 6.45) is 32.1. The van der Waals surface area contributed by atoms with Crippen LogP contribution >= 0.6 is 0 Å². The Balaban J connectivity index is 0.000000132. The third-order valence-corrected chi connectivity index (χ3v) is 19.7. The fourth-order valence-corrected chi connectivity index (χ4v) is 13.4. The first kappa shape index (κ1) is 73.0. The highest BCUT2D eigenvalue weighted by molar-refractivity contribution is 5.76. The van der Waals surface area contributed by atoms with Gasteiger partial charge in [0.25, 0.3) is 0 Å². The van der Waals surface area contributed by atoms with E-state index in [1.165, 1.54) is 32.1 Å². The average Bonchev–Trinajstić information content (AvgIpc) is 1.69. The Bertz CT molecular complexity index is 4680. The molecule has 0 radical (unpaired) electrons. The summed E-state index contributed by atoms with van der Waals surface area (Å²) >= 11 is 0. The van der Waals surface area contributed by atoms with Crippen LogP contribution in [0.5, 0.6) is 63.2 Å². The number of anilines is 8. The van der Waals surface area contributed by atoms with Gasteiger partial charge >= 0.3 is 0 Å². The minimum Gasteiger partial charge on any atom is -0.493 e. The number of nitrogen functional groups attached to an aromatic ring is 8. The second-order valence-corrected chi connectivity index (χ2v) is 26.6. The smallest absolute Gasteiger partial charge is 0.221 e. The Morgan fingerprint density at radius 1 is 0.429 bits per heavy atom. The van der Waals surface area contributed by atoms with Crippen LogP contribution in [0.25, 0.3) is 24.3 Å². The molecule has 29 nitrogen and oxygen atoms in total. The van der Waals surface area contributed by atoms with E-state index in [-0.39, 0.29) is 54.3 Å². The first-order chi connectivity index (χ1) is 50.7. The summed E-state index contributed by atoms with van der Waals surface area (Å²) < 4.78 is 64.0. The minimum absolute atomic E-state index is 0.00582. The summed E-state index contributed by atoms with van der Waals surface area (Å²) in [5, 5.41) is 0. The average molecular weight is 1440 g/mol. The summed E-state index contributed by atoms with van der Waals surface area (Å²) in [6, 6.07) is 7.54. The van der Waals surface area contributed by atoms with Gasteiger partial charge in [0.1, 0.15) is 60.3 Å². The molecular weight excluding hydrogens is 1340 g/mol. The normalized spacial score (nSPS) is 19.0. The third-order valence-electron chi connectivity index (χ3n) is 19.7. The van der Waals surface area contributed by atoms with Gasteiger partial charge in [-0.15, -0.1) is 0 Å². The topological polar surface area (TPSA) is 468 Å². The predicted molar refractivity (Wildman–Crippen MR) is 402 cm³/mol. The van der Waals surface area contributed by atoms with E-state index in [9.17, 15) is 0 Å². The molecule has 0 spiro atoms. The Morgan fingerprint density at radius 2 is 0.800 bits per heavy atom. The van der Waals surface area contributed by atoms with Crippen molar-refractivity contribution in [2.45, 2.75) is 109 Å². The van der Waals surface area contributed by atoms with E-state index in [2.05, 4.69) is 114 Å². The zero-order valence-corrected chi connectivity index (χ0v) is 60.6. The van der Waals surface area contributed by atoms with E-state index >= 15 is 0 Å². The van der Waals surface area contributed by atoms with Gasteiger partial charge in [0.15, 0.2) is 46.0 Å². The van der Waals surface area contributed by atoms with Gasteiger partial charge < -0.3 is 109 Å². The highest BCUT2D eigenvalue weighted by atomic mass is 16.6. The molecule has 105 heavy (non-hydrogen) atoms. The molecule has 3 fully saturated rings. The van der Waals surface area contributed by atoms with Crippen LogP contribution in [0.2, 0.25) is 0 Å². The van der Waals surface area contributed by atoms with Crippen molar-refractivity contribution in [3.8, 4) is 63.2 Å². The molecular formula is C76H94N18O11+2. The fourth-order valence-electron chi connectivity index (χ4n) is 13.4. The SMILES string of the molecule is CCC1C=Cc2c(Cc3cnc(N)nc3N)cc(OC)c(OC)c2O1.COc1c(C[NH3+])cc(Cc2cnc(N)nc2N)c2c1OC(C1CC1)C=C2.COc1cc(C([NH3+])c2cnc(N)nc2N)c2c(c1OC)OC(C1CC1)C=C2.COc1cc(Cc2cnc(N)nc2N)c2c(c1OC)OC(C1CC1C)C=C2. The largest absolute Gasteiger partial charge is 0.493 e. The first-order valence-electron chi connectivity index (χ1n) is 34.8. The second-order valence-electron chi connectivity index (χ2n) is 26.6. The van der Waals surface area contributed by atoms with Gasteiger partial charge in [-0.2, -0.15) is 19.9 Å². The van der Waals surface area contributed by atoms with Gasteiger partial charge in [-0.3, -0.25) is 0 Å². The minimum atomic E-state index is -0.329. The Hall–Kier alpha value is -11.7.